The van der Waals surface area contributed by atoms with Gasteiger partial charge in [0.15, 0.2) is 0 Å². The summed E-state index contributed by atoms with van der Waals surface area (Å²) in [6.45, 7) is 2.15. The lowest BCUT2D eigenvalue weighted by molar-refractivity contribution is 1.08. The molecule has 3 heteroatoms. The topological polar surface area (TPSA) is 25.8 Å². The average molecular weight is 190 g/mol. The van der Waals surface area contributed by atoms with Crippen molar-refractivity contribution in [2.75, 3.05) is 0 Å². The van der Waals surface area contributed by atoms with Crippen LogP contribution in [-0.2, 0) is 6.42 Å². The summed E-state index contributed by atoms with van der Waals surface area (Å²) in [5.74, 6) is 0. The van der Waals surface area contributed by atoms with E-state index in [1.165, 1.54) is 11.1 Å². The van der Waals surface area contributed by atoms with Gasteiger partial charge in [-0.15, -0.1) is 10.2 Å². The van der Waals surface area contributed by atoms with E-state index in [9.17, 15) is 0 Å². The molecule has 0 unspecified atom stereocenters. The predicted octanol–water partition coefficient (Wildman–Crippen LogP) is 2.77. The lowest BCUT2D eigenvalue weighted by Gasteiger charge is -2.02. The number of hydrogen-bond acceptors (Lipinski definition) is 3. The fourth-order valence-electron chi connectivity index (χ4n) is 1.33. The van der Waals surface area contributed by atoms with Gasteiger partial charge in [0, 0.05) is 5.56 Å². The Morgan fingerprint density at radius 3 is 2.85 bits per heavy atom. The molecule has 0 spiro atoms. The van der Waals surface area contributed by atoms with Crippen molar-refractivity contribution in [1.82, 2.24) is 10.2 Å². The van der Waals surface area contributed by atoms with Crippen molar-refractivity contribution in [3.8, 4) is 10.6 Å². The number of aromatic nitrogens is 2. The van der Waals surface area contributed by atoms with E-state index in [1.807, 2.05) is 6.07 Å². The fourth-order valence-corrected chi connectivity index (χ4v) is 1.94. The Bertz CT molecular complexity index is 382. The molecule has 0 N–H and O–H groups in total. The van der Waals surface area contributed by atoms with E-state index in [2.05, 4.69) is 35.3 Å². The van der Waals surface area contributed by atoms with Crippen LogP contribution in [0.25, 0.3) is 10.6 Å². The first-order valence-corrected chi connectivity index (χ1v) is 5.14. The van der Waals surface area contributed by atoms with Gasteiger partial charge >= 0.3 is 0 Å². The van der Waals surface area contributed by atoms with Crippen LogP contribution in [0.4, 0.5) is 0 Å². The van der Waals surface area contributed by atoms with Crippen molar-refractivity contribution in [2.24, 2.45) is 0 Å². The van der Waals surface area contributed by atoms with Gasteiger partial charge in [0.05, 0.1) is 0 Å². The van der Waals surface area contributed by atoms with Gasteiger partial charge in [-0.3, -0.25) is 0 Å². The molecule has 0 aliphatic carbocycles. The Kier molecular flexibility index (Phi) is 2.36. The first-order chi connectivity index (χ1) is 6.42. The zero-order valence-electron chi connectivity index (χ0n) is 7.40. The summed E-state index contributed by atoms with van der Waals surface area (Å²) in [6, 6.07) is 8.33. The molecule has 0 fully saturated rings. The molecule has 0 aliphatic rings. The quantitative estimate of drug-likeness (QED) is 0.727. The fraction of sp³-hybridized carbons (Fsp3) is 0.200. The van der Waals surface area contributed by atoms with Gasteiger partial charge in [0.1, 0.15) is 10.5 Å². The number of nitrogens with zero attached hydrogens (tertiary/aromatic N) is 2. The lowest BCUT2D eigenvalue weighted by atomic mass is 10.1. The van der Waals surface area contributed by atoms with Crippen LogP contribution >= 0.6 is 11.3 Å². The van der Waals surface area contributed by atoms with Gasteiger partial charge in [-0.25, -0.2) is 0 Å². The van der Waals surface area contributed by atoms with Crippen molar-refractivity contribution in [3.05, 3.63) is 35.3 Å². The van der Waals surface area contributed by atoms with Crippen LogP contribution in [0.3, 0.4) is 0 Å². The minimum Gasteiger partial charge on any atom is -0.147 e. The maximum absolute atomic E-state index is 4.06. The molecule has 0 amide bonds. The summed E-state index contributed by atoms with van der Waals surface area (Å²) in [5, 5.41) is 8.92. The van der Waals surface area contributed by atoms with Crippen LogP contribution in [0.1, 0.15) is 12.5 Å². The number of aryl methyl sites for hydroxylation is 1. The monoisotopic (exact) mass is 190 g/mol. The van der Waals surface area contributed by atoms with Gasteiger partial charge in [-0.05, 0) is 12.0 Å². The second-order valence-electron chi connectivity index (χ2n) is 2.75. The molecule has 0 saturated heterocycles. The van der Waals surface area contributed by atoms with Crippen LogP contribution in [0.5, 0.6) is 0 Å². The molecule has 1 aromatic heterocycles. The summed E-state index contributed by atoms with van der Waals surface area (Å²) < 4.78 is 0. The number of benzene rings is 1. The Hall–Kier alpha value is -1.22. The number of hydrogen-bond donors (Lipinski definition) is 0. The van der Waals surface area contributed by atoms with Crippen molar-refractivity contribution >= 4 is 11.3 Å². The molecule has 0 aliphatic heterocycles. The molecule has 1 heterocycles. The molecule has 2 rings (SSSR count). The van der Waals surface area contributed by atoms with E-state index >= 15 is 0 Å². The van der Waals surface area contributed by atoms with E-state index in [4.69, 9.17) is 0 Å². The summed E-state index contributed by atoms with van der Waals surface area (Å²) >= 11 is 1.58. The third-order valence-corrected chi connectivity index (χ3v) is 2.71. The van der Waals surface area contributed by atoms with Crippen molar-refractivity contribution in [3.63, 3.8) is 0 Å². The molecule has 2 nitrogen and oxygen atoms in total. The van der Waals surface area contributed by atoms with Crippen LogP contribution in [0, 0.1) is 0 Å². The van der Waals surface area contributed by atoms with E-state index in [-0.39, 0.29) is 0 Å². The molecular formula is C10H10N2S. The van der Waals surface area contributed by atoms with Gasteiger partial charge in [-0.1, -0.05) is 42.5 Å². The molecule has 0 radical (unpaired) electrons. The number of rotatable bonds is 2. The molecule has 0 saturated carbocycles. The lowest BCUT2D eigenvalue weighted by Crippen LogP contribution is -1.85. The highest BCUT2D eigenvalue weighted by molar-refractivity contribution is 7.12. The molecule has 2 aromatic rings. The Morgan fingerprint density at radius 1 is 1.31 bits per heavy atom. The predicted molar refractivity (Wildman–Crippen MR) is 54.7 cm³/mol. The average Bonchev–Trinajstić information content (AvgIpc) is 2.70. The molecule has 1 aromatic carbocycles. The van der Waals surface area contributed by atoms with E-state index < -0.39 is 0 Å². The minimum absolute atomic E-state index is 1.01. The molecule has 13 heavy (non-hydrogen) atoms. The first-order valence-electron chi connectivity index (χ1n) is 4.26. The van der Waals surface area contributed by atoms with E-state index in [0.717, 1.165) is 11.4 Å². The highest BCUT2D eigenvalue weighted by Gasteiger charge is 2.04. The normalized spacial score (nSPS) is 10.2. The SMILES string of the molecule is CCc1ccccc1-c1nncs1. The highest BCUT2D eigenvalue weighted by atomic mass is 32.1. The smallest absolute Gasteiger partial charge is 0.147 e. The van der Waals surface area contributed by atoms with Gasteiger partial charge in [0.2, 0.25) is 0 Å². The summed E-state index contributed by atoms with van der Waals surface area (Å²) in [7, 11) is 0. The highest BCUT2D eigenvalue weighted by Crippen LogP contribution is 2.24. The molecule has 0 bridgehead atoms. The maximum atomic E-state index is 4.06. The molecule has 66 valence electrons. The van der Waals surface area contributed by atoms with Gasteiger partial charge in [-0.2, -0.15) is 0 Å². The van der Waals surface area contributed by atoms with Crippen LogP contribution in [0.2, 0.25) is 0 Å². The zero-order valence-corrected chi connectivity index (χ0v) is 8.21. The van der Waals surface area contributed by atoms with E-state index in [1.54, 1.807) is 16.8 Å². The third-order valence-electron chi connectivity index (χ3n) is 1.99. The Balaban J connectivity index is 2.51. The third kappa shape index (κ3) is 1.60. The second kappa shape index (κ2) is 3.66. The van der Waals surface area contributed by atoms with Crippen LogP contribution < -0.4 is 0 Å². The van der Waals surface area contributed by atoms with Gasteiger partial charge < -0.3 is 0 Å². The Labute approximate surface area is 81.3 Å². The van der Waals surface area contributed by atoms with Crippen molar-refractivity contribution in [2.45, 2.75) is 13.3 Å². The minimum atomic E-state index is 1.01. The van der Waals surface area contributed by atoms with E-state index in [0.29, 0.717) is 0 Å². The largest absolute Gasteiger partial charge is 0.147 e. The Morgan fingerprint density at radius 2 is 2.15 bits per heavy atom. The maximum Gasteiger partial charge on any atom is 0.147 e. The standard InChI is InChI=1S/C10H10N2S/c1-2-8-5-3-4-6-9(8)10-12-11-7-13-10/h3-7H,2H2,1H3. The summed E-state index contributed by atoms with van der Waals surface area (Å²) in [6.07, 6.45) is 1.04. The molecular weight excluding hydrogens is 180 g/mol. The van der Waals surface area contributed by atoms with Gasteiger partial charge in [0.25, 0.3) is 0 Å². The summed E-state index contributed by atoms with van der Waals surface area (Å²) in [4.78, 5) is 0. The molecule has 0 atom stereocenters. The summed E-state index contributed by atoms with van der Waals surface area (Å²) in [5.41, 5.74) is 4.31. The first kappa shape index (κ1) is 8.38. The van der Waals surface area contributed by atoms with Crippen LogP contribution in [0.15, 0.2) is 29.8 Å². The van der Waals surface area contributed by atoms with Crippen LogP contribution in [-0.4, -0.2) is 10.2 Å². The zero-order chi connectivity index (χ0) is 9.10. The second-order valence-corrected chi connectivity index (χ2v) is 3.59. The van der Waals surface area contributed by atoms with Crippen molar-refractivity contribution < 1.29 is 0 Å². The van der Waals surface area contributed by atoms with Crippen molar-refractivity contribution in [1.29, 1.82) is 0 Å².